The molecule has 0 spiro atoms. The van der Waals surface area contributed by atoms with E-state index in [-0.39, 0.29) is 12.5 Å². The summed E-state index contributed by atoms with van der Waals surface area (Å²) < 4.78 is 1.82. The van der Waals surface area contributed by atoms with Crippen molar-refractivity contribution in [3.8, 4) is 5.69 Å². The van der Waals surface area contributed by atoms with E-state index in [2.05, 4.69) is 10.3 Å². The molecule has 0 bridgehead atoms. The molecule has 2 N–H and O–H groups in total. The molecule has 0 fully saturated rings. The molecule has 0 saturated carbocycles. The minimum absolute atomic E-state index is 0.196. The standard InChI is InChI=1S/C13H15N3O2/c1-10(17)8-15-13(18)11-3-2-4-12(7-11)16-6-5-14-9-16/h2-7,9-10,17H,8H2,1H3,(H,15,18). The van der Waals surface area contributed by atoms with Crippen molar-refractivity contribution in [3.05, 3.63) is 48.5 Å². The first-order valence-electron chi connectivity index (χ1n) is 5.71. The Balaban J connectivity index is 2.15. The summed E-state index contributed by atoms with van der Waals surface area (Å²) >= 11 is 0. The van der Waals surface area contributed by atoms with E-state index in [9.17, 15) is 4.79 Å². The average Bonchev–Trinajstić information content (AvgIpc) is 2.90. The fourth-order valence-corrected chi connectivity index (χ4v) is 1.56. The molecule has 0 aliphatic rings. The number of amides is 1. The van der Waals surface area contributed by atoms with Crippen LogP contribution in [0.1, 0.15) is 17.3 Å². The minimum atomic E-state index is -0.550. The van der Waals surface area contributed by atoms with Crippen LogP contribution < -0.4 is 5.32 Å². The Hall–Kier alpha value is -2.14. The molecule has 1 amide bonds. The molecule has 0 aliphatic heterocycles. The Morgan fingerprint density at radius 2 is 2.39 bits per heavy atom. The number of benzene rings is 1. The third-order valence-electron chi connectivity index (χ3n) is 2.47. The number of hydrogen-bond donors (Lipinski definition) is 2. The van der Waals surface area contributed by atoms with Crippen molar-refractivity contribution in [2.45, 2.75) is 13.0 Å². The quantitative estimate of drug-likeness (QED) is 0.844. The average molecular weight is 245 g/mol. The fraction of sp³-hybridized carbons (Fsp3) is 0.231. The second-order valence-corrected chi connectivity index (χ2v) is 4.08. The van der Waals surface area contributed by atoms with Crippen LogP contribution in [0.25, 0.3) is 5.69 Å². The van der Waals surface area contributed by atoms with E-state index >= 15 is 0 Å². The van der Waals surface area contributed by atoms with Crippen LogP contribution in [0.2, 0.25) is 0 Å². The van der Waals surface area contributed by atoms with Crippen LogP contribution in [0.5, 0.6) is 0 Å². The zero-order valence-electron chi connectivity index (χ0n) is 10.1. The summed E-state index contributed by atoms with van der Waals surface area (Å²) in [5, 5.41) is 11.8. The first-order valence-corrected chi connectivity index (χ1v) is 5.71. The number of aromatic nitrogens is 2. The third kappa shape index (κ3) is 2.95. The molecule has 5 heteroatoms. The van der Waals surface area contributed by atoms with Crippen LogP contribution in [0.4, 0.5) is 0 Å². The van der Waals surface area contributed by atoms with Gasteiger partial charge in [0, 0.05) is 30.2 Å². The highest BCUT2D eigenvalue weighted by Gasteiger charge is 2.07. The molecule has 2 rings (SSSR count). The molecule has 18 heavy (non-hydrogen) atoms. The summed E-state index contributed by atoms with van der Waals surface area (Å²) in [6.07, 6.45) is 4.62. The van der Waals surface area contributed by atoms with Crippen molar-refractivity contribution in [3.63, 3.8) is 0 Å². The number of rotatable bonds is 4. The molecule has 0 saturated heterocycles. The second kappa shape index (κ2) is 5.46. The Bertz CT molecular complexity index is 521. The number of nitrogens with zero attached hydrogens (tertiary/aromatic N) is 2. The van der Waals surface area contributed by atoms with Crippen molar-refractivity contribution >= 4 is 5.91 Å². The lowest BCUT2D eigenvalue weighted by Crippen LogP contribution is -2.30. The second-order valence-electron chi connectivity index (χ2n) is 4.08. The topological polar surface area (TPSA) is 67.2 Å². The SMILES string of the molecule is CC(O)CNC(=O)c1cccc(-n2ccnc2)c1. The van der Waals surface area contributed by atoms with Gasteiger partial charge in [-0.25, -0.2) is 4.98 Å². The van der Waals surface area contributed by atoms with Crippen molar-refractivity contribution in [1.29, 1.82) is 0 Å². The Kier molecular flexibility index (Phi) is 3.74. The van der Waals surface area contributed by atoms with Gasteiger partial charge in [-0.3, -0.25) is 4.79 Å². The number of imidazole rings is 1. The Labute approximate surface area is 105 Å². The lowest BCUT2D eigenvalue weighted by atomic mass is 10.2. The van der Waals surface area contributed by atoms with Gasteiger partial charge in [0.2, 0.25) is 0 Å². The zero-order chi connectivity index (χ0) is 13.0. The number of nitrogens with one attached hydrogen (secondary N) is 1. The monoisotopic (exact) mass is 245 g/mol. The van der Waals surface area contributed by atoms with Gasteiger partial charge in [-0.15, -0.1) is 0 Å². The smallest absolute Gasteiger partial charge is 0.251 e. The van der Waals surface area contributed by atoms with E-state index in [1.807, 2.05) is 22.9 Å². The number of carbonyl (C=O) groups is 1. The minimum Gasteiger partial charge on any atom is -0.392 e. The van der Waals surface area contributed by atoms with Crippen molar-refractivity contribution < 1.29 is 9.90 Å². The summed E-state index contributed by atoms with van der Waals surface area (Å²) in [7, 11) is 0. The van der Waals surface area contributed by atoms with E-state index in [0.717, 1.165) is 5.69 Å². The summed E-state index contributed by atoms with van der Waals surface area (Å²) in [5.41, 5.74) is 1.43. The van der Waals surface area contributed by atoms with Gasteiger partial charge in [0.1, 0.15) is 0 Å². The maximum Gasteiger partial charge on any atom is 0.251 e. The van der Waals surface area contributed by atoms with E-state index in [1.165, 1.54) is 0 Å². The molecule has 2 aromatic rings. The zero-order valence-corrected chi connectivity index (χ0v) is 10.1. The molecular formula is C13H15N3O2. The van der Waals surface area contributed by atoms with E-state index in [0.29, 0.717) is 5.56 Å². The molecule has 1 atom stereocenters. The summed E-state index contributed by atoms with van der Waals surface area (Å²) in [4.78, 5) is 15.8. The van der Waals surface area contributed by atoms with Crippen LogP contribution in [-0.4, -0.2) is 33.2 Å². The van der Waals surface area contributed by atoms with Gasteiger partial charge >= 0.3 is 0 Å². The summed E-state index contributed by atoms with van der Waals surface area (Å²) in [5.74, 6) is -0.196. The van der Waals surface area contributed by atoms with Gasteiger partial charge in [-0.2, -0.15) is 0 Å². The number of aliphatic hydroxyl groups excluding tert-OH is 1. The number of carbonyl (C=O) groups excluding carboxylic acids is 1. The summed E-state index contributed by atoms with van der Waals surface area (Å²) in [6, 6.07) is 7.22. The molecule has 1 aromatic carbocycles. The van der Waals surface area contributed by atoms with E-state index in [4.69, 9.17) is 5.11 Å². The maximum absolute atomic E-state index is 11.8. The van der Waals surface area contributed by atoms with Gasteiger partial charge in [-0.1, -0.05) is 6.07 Å². The lowest BCUT2D eigenvalue weighted by Gasteiger charge is -2.08. The highest BCUT2D eigenvalue weighted by molar-refractivity contribution is 5.94. The molecule has 1 heterocycles. The molecule has 94 valence electrons. The first-order chi connectivity index (χ1) is 8.66. The largest absolute Gasteiger partial charge is 0.392 e. The summed E-state index contributed by atoms with van der Waals surface area (Å²) in [6.45, 7) is 1.87. The molecule has 5 nitrogen and oxygen atoms in total. The first kappa shape index (κ1) is 12.3. The van der Waals surface area contributed by atoms with Crippen LogP contribution in [0.15, 0.2) is 43.0 Å². The highest BCUT2D eigenvalue weighted by atomic mass is 16.3. The molecular weight excluding hydrogens is 230 g/mol. The fourth-order valence-electron chi connectivity index (χ4n) is 1.56. The third-order valence-corrected chi connectivity index (χ3v) is 2.47. The van der Waals surface area contributed by atoms with Gasteiger partial charge in [0.25, 0.3) is 5.91 Å². The molecule has 0 radical (unpaired) electrons. The van der Waals surface area contributed by atoms with E-state index < -0.39 is 6.10 Å². The van der Waals surface area contributed by atoms with Crippen LogP contribution in [0.3, 0.4) is 0 Å². The molecule has 1 unspecified atom stereocenters. The van der Waals surface area contributed by atoms with Crippen LogP contribution in [-0.2, 0) is 0 Å². The lowest BCUT2D eigenvalue weighted by molar-refractivity contribution is 0.0924. The maximum atomic E-state index is 11.8. The van der Waals surface area contributed by atoms with Gasteiger partial charge in [0.05, 0.1) is 12.4 Å². The van der Waals surface area contributed by atoms with Crippen LogP contribution >= 0.6 is 0 Å². The van der Waals surface area contributed by atoms with Crippen LogP contribution in [0, 0.1) is 0 Å². The van der Waals surface area contributed by atoms with Gasteiger partial charge < -0.3 is 15.0 Å². The van der Waals surface area contributed by atoms with Gasteiger partial charge in [0.15, 0.2) is 0 Å². The Morgan fingerprint density at radius 3 is 3.06 bits per heavy atom. The highest BCUT2D eigenvalue weighted by Crippen LogP contribution is 2.10. The predicted molar refractivity (Wildman–Crippen MR) is 67.6 cm³/mol. The number of aliphatic hydroxyl groups is 1. The molecule has 1 aromatic heterocycles. The van der Waals surface area contributed by atoms with Crippen molar-refractivity contribution in [2.24, 2.45) is 0 Å². The van der Waals surface area contributed by atoms with E-state index in [1.54, 1.807) is 31.6 Å². The van der Waals surface area contributed by atoms with Crippen molar-refractivity contribution in [1.82, 2.24) is 14.9 Å². The predicted octanol–water partition coefficient (Wildman–Crippen LogP) is 0.983. The van der Waals surface area contributed by atoms with Crippen molar-refractivity contribution in [2.75, 3.05) is 6.54 Å². The molecule has 0 aliphatic carbocycles. The normalized spacial score (nSPS) is 12.1. The number of hydrogen-bond acceptors (Lipinski definition) is 3. The van der Waals surface area contributed by atoms with Gasteiger partial charge in [-0.05, 0) is 25.1 Å². The Morgan fingerprint density at radius 1 is 1.56 bits per heavy atom.